The summed E-state index contributed by atoms with van der Waals surface area (Å²) in [6.07, 6.45) is 0.861. The number of rotatable bonds is 2. The number of aromatic amines is 1. The number of amides is 1. The first kappa shape index (κ1) is 16.8. The zero-order valence-corrected chi connectivity index (χ0v) is 15.9. The van der Waals surface area contributed by atoms with Gasteiger partial charge in [0.05, 0.1) is 6.04 Å². The number of aryl methyl sites for hydroxylation is 1. The molecule has 1 aromatic heterocycles. The molecule has 0 unspecified atom stereocenters. The Morgan fingerprint density at radius 3 is 2.57 bits per heavy atom. The second-order valence-corrected chi connectivity index (χ2v) is 7.49. The molecule has 1 N–H and O–H groups in total. The summed E-state index contributed by atoms with van der Waals surface area (Å²) in [7, 11) is 0. The maximum absolute atomic E-state index is 13.4. The summed E-state index contributed by atoms with van der Waals surface area (Å²) in [4.78, 5) is 19.0. The van der Waals surface area contributed by atoms with E-state index in [1.54, 1.807) is 0 Å². The molecule has 0 fully saturated rings. The van der Waals surface area contributed by atoms with Crippen molar-refractivity contribution in [2.45, 2.75) is 19.4 Å². The minimum absolute atomic E-state index is 0.0800. The Bertz CT molecular complexity index is 1160. The van der Waals surface area contributed by atoms with Gasteiger partial charge in [-0.25, -0.2) is 0 Å². The number of para-hydroxylation sites is 1. The SMILES string of the molecule is Cc1cccc([C@H]2c3[nH]c4ccccc4c3CCN2C(=O)c2ccccc2)c1. The lowest BCUT2D eigenvalue weighted by Crippen LogP contribution is -2.40. The third kappa shape index (κ3) is 2.71. The van der Waals surface area contributed by atoms with Gasteiger partial charge in [0.25, 0.3) is 5.91 Å². The van der Waals surface area contributed by atoms with Gasteiger partial charge in [0.15, 0.2) is 0 Å². The minimum atomic E-state index is -0.108. The van der Waals surface area contributed by atoms with Crippen molar-refractivity contribution >= 4 is 16.8 Å². The maximum atomic E-state index is 13.4. The van der Waals surface area contributed by atoms with Crippen LogP contribution in [0.25, 0.3) is 10.9 Å². The van der Waals surface area contributed by atoms with E-state index in [1.807, 2.05) is 35.2 Å². The van der Waals surface area contributed by atoms with Crippen LogP contribution in [0.15, 0.2) is 78.9 Å². The van der Waals surface area contributed by atoms with E-state index in [9.17, 15) is 4.79 Å². The Labute approximate surface area is 164 Å². The van der Waals surface area contributed by atoms with Gasteiger partial charge >= 0.3 is 0 Å². The second-order valence-electron chi connectivity index (χ2n) is 7.49. The standard InChI is InChI=1S/C25H22N2O/c1-17-8-7-11-19(16-17)24-23-21(20-12-5-6-13-22(20)26-23)14-15-27(24)25(28)18-9-3-2-4-10-18/h2-13,16,24,26H,14-15H2,1H3/t24-/m0/s1. The average molecular weight is 366 g/mol. The summed E-state index contributed by atoms with van der Waals surface area (Å²) in [5, 5.41) is 1.27. The summed E-state index contributed by atoms with van der Waals surface area (Å²) in [5.74, 6) is 0.0800. The number of benzene rings is 3. The molecule has 5 rings (SSSR count). The lowest BCUT2D eigenvalue weighted by molar-refractivity contribution is 0.0692. The summed E-state index contributed by atoms with van der Waals surface area (Å²) < 4.78 is 0. The van der Waals surface area contributed by atoms with E-state index in [2.05, 4.69) is 60.4 Å². The molecule has 138 valence electrons. The quantitative estimate of drug-likeness (QED) is 0.516. The molecule has 28 heavy (non-hydrogen) atoms. The minimum Gasteiger partial charge on any atom is -0.356 e. The third-order valence-electron chi connectivity index (χ3n) is 5.67. The molecule has 3 nitrogen and oxygen atoms in total. The Kier molecular flexibility index (Phi) is 4.01. The smallest absolute Gasteiger partial charge is 0.254 e. The van der Waals surface area contributed by atoms with E-state index in [1.165, 1.54) is 16.5 Å². The van der Waals surface area contributed by atoms with Crippen LogP contribution in [0.2, 0.25) is 0 Å². The number of H-pyrrole nitrogens is 1. The number of aromatic nitrogens is 1. The zero-order valence-electron chi connectivity index (χ0n) is 15.9. The Hall–Kier alpha value is -3.33. The highest BCUT2D eigenvalue weighted by molar-refractivity contribution is 5.95. The average Bonchev–Trinajstić information content (AvgIpc) is 3.12. The van der Waals surface area contributed by atoms with Crippen molar-refractivity contribution in [1.29, 1.82) is 0 Å². The van der Waals surface area contributed by atoms with Crippen molar-refractivity contribution in [3.63, 3.8) is 0 Å². The van der Waals surface area contributed by atoms with Crippen LogP contribution in [-0.4, -0.2) is 22.3 Å². The van der Waals surface area contributed by atoms with Crippen molar-refractivity contribution in [3.8, 4) is 0 Å². The summed E-state index contributed by atoms with van der Waals surface area (Å²) in [6, 6.07) is 26.4. The Morgan fingerprint density at radius 1 is 0.964 bits per heavy atom. The summed E-state index contributed by atoms with van der Waals surface area (Å²) in [5.41, 5.74) is 6.70. The van der Waals surface area contributed by atoms with Crippen LogP contribution in [0.1, 0.15) is 38.8 Å². The number of hydrogen-bond donors (Lipinski definition) is 1. The lowest BCUT2D eigenvalue weighted by atomic mass is 9.91. The van der Waals surface area contributed by atoms with Crippen molar-refractivity contribution in [3.05, 3.63) is 107 Å². The number of nitrogens with one attached hydrogen (secondary N) is 1. The number of nitrogens with zero attached hydrogens (tertiary/aromatic N) is 1. The van der Waals surface area contributed by atoms with E-state index in [0.717, 1.165) is 28.8 Å². The van der Waals surface area contributed by atoms with Crippen LogP contribution in [0.4, 0.5) is 0 Å². The fourth-order valence-electron chi connectivity index (χ4n) is 4.39. The largest absolute Gasteiger partial charge is 0.356 e. The van der Waals surface area contributed by atoms with Crippen LogP contribution in [0.3, 0.4) is 0 Å². The second kappa shape index (κ2) is 6.68. The summed E-state index contributed by atoms with van der Waals surface area (Å²) in [6.45, 7) is 2.81. The molecule has 0 saturated carbocycles. The van der Waals surface area contributed by atoms with E-state index < -0.39 is 0 Å². The molecule has 1 aliphatic rings. The topological polar surface area (TPSA) is 36.1 Å². The highest BCUT2D eigenvalue weighted by Gasteiger charge is 2.34. The fraction of sp³-hybridized carbons (Fsp3) is 0.160. The predicted octanol–water partition coefficient (Wildman–Crippen LogP) is 5.26. The van der Waals surface area contributed by atoms with Gasteiger partial charge in [-0.1, -0.05) is 66.2 Å². The Morgan fingerprint density at radius 2 is 1.75 bits per heavy atom. The van der Waals surface area contributed by atoms with Gasteiger partial charge in [0, 0.05) is 28.7 Å². The van der Waals surface area contributed by atoms with Crippen molar-refractivity contribution in [2.24, 2.45) is 0 Å². The van der Waals surface area contributed by atoms with Gasteiger partial charge in [0.1, 0.15) is 0 Å². The van der Waals surface area contributed by atoms with E-state index in [4.69, 9.17) is 0 Å². The lowest BCUT2D eigenvalue weighted by Gasteiger charge is -2.36. The van der Waals surface area contributed by atoms with E-state index in [-0.39, 0.29) is 11.9 Å². The van der Waals surface area contributed by atoms with Crippen LogP contribution < -0.4 is 0 Å². The predicted molar refractivity (Wildman–Crippen MR) is 113 cm³/mol. The molecule has 4 aromatic rings. The number of carbonyl (C=O) groups is 1. The molecule has 1 amide bonds. The summed E-state index contributed by atoms with van der Waals surface area (Å²) >= 11 is 0. The monoisotopic (exact) mass is 366 g/mol. The molecule has 0 aliphatic carbocycles. The Balaban J connectivity index is 1.68. The molecule has 0 saturated heterocycles. The maximum Gasteiger partial charge on any atom is 0.254 e. The van der Waals surface area contributed by atoms with Gasteiger partial charge in [0.2, 0.25) is 0 Å². The van der Waals surface area contributed by atoms with Crippen LogP contribution in [0.5, 0.6) is 0 Å². The number of fused-ring (bicyclic) bond motifs is 3. The van der Waals surface area contributed by atoms with E-state index in [0.29, 0.717) is 6.54 Å². The molecular formula is C25H22N2O. The molecule has 0 bridgehead atoms. The molecule has 3 heteroatoms. The molecule has 0 spiro atoms. The normalized spacial score (nSPS) is 16.2. The molecular weight excluding hydrogens is 344 g/mol. The van der Waals surface area contributed by atoms with Gasteiger partial charge in [-0.3, -0.25) is 4.79 Å². The first-order chi connectivity index (χ1) is 13.7. The van der Waals surface area contributed by atoms with Crippen LogP contribution in [-0.2, 0) is 6.42 Å². The van der Waals surface area contributed by atoms with Crippen LogP contribution >= 0.6 is 0 Å². The van der Waals surface area contributed by atoms with Gasteiger partial charge in [-0.05, 0) is 42.7 Å². The van der Waals surface area contributed by atoms with Crippen molar-refractivity contribution < 1.29 is 4.79 Å². The molecule has 0 radical (unpaired) electrons. The fourth-order valence-corrected chi connectivity index (χ4v) is 4.39. The molecule has 3 aromatic carbocycles. The van der Waals surface area contributed by atoms with Crippen molar-refractivity contribution in [1.82, 2.24) is 9.88 Å². The van der Waals surface area contributed by atoms with Crippen LogP contribution in [0, 0.1) is 6.92 Å². The molecule has 1 atom stereocenters. The first-order valence-corrected chi connectivity index (χ1v) is 9.74. The number of hydrogen-bond acceptors (Lipinski definition) is 1. The highest BCUT2D eigenvalue weighted by atomic mass is 16.2. The van der Waals surface area contributed by atoms with E-state index >= 15 is 0 Å². The number of carbonyl (C=O) groups excluding carboxylic acids is 1. The van der Waals surface area contributed by atoms with Crippen molar-refractivity contribution in [2.75, 3.05) is 6.54 Å². The highest BCUT2D eigenvalue weighted by Crippen LogP contribution is 2.39. The zero-order chi connectivity index (χ0) is 19.1. The van der Waals surface area contributed by atoms with Gasteiger partial charge < -0.3 is 9.88 Å². The van der Waals surface area contributed by atoms with Gasteiger partial charge in [-0.15, -0.1) is 0 Å². The van der Waals surface area contributed by atoms with Gasteiger partial charge in [-0.2, -0.15) is 0 Å². The third-order valence-corrected chi connectivity index (χ3v) is 5.67. The molecule has 1 aliphatic heterocycles. The first-order valence-electron chi connectivity index (χ1n) is 9.74. The molecule has 2 heterocycles.